The molecule has 60 valence electrons. The average molecular weight is 167 g/mol. The molecule has 10 heavy (non-hydrogen) atoms. The highest BCUT2D eigenvalue weighted by Crippen LogP contribution is 2.06. The standard InChI is InChI=1S/C4H10NO4P/c1-3(4(6)9-2)5-10(7)8/h3,10H,1-2H3,(H2,5,7,8). The van der Waals surface area contributed by atoms with Crippen molar-refractivity contribution < 1.29 is 19.0 Å². The first-order valence-electron chi connectivity index (χ1n) is 2.65. The van der Waals surface area contributed by atoms with Gasteiger partial charge in [-0.25, -0.2) is 5.09 Å². The summed E-state index contributed by atoms with van der Waals surface area (Å²) < 4.78 is 14.4. The van der Waals surface area contributed by atoms with E-state index in [9.17, 15) is 9.36 Å². The lowest BCUT2D eigenvalue weighted by Gasteiger charge is -2.07. The van der Waals surface area contributed by atoms with Crippen LogP contribution in [0.3, 0.4) is 0 Å². The molecule has 0 aliphatic heterocycles. The maximum absolute atomic E-state index is 10.5. The first-order valence-corrected chi connectivity index (χ1v) is 4.00. The summed E-state index contributed by atoms with van der Waals surface area (Å²) >= 11 is 0. The van der Waals surface area contributed by atoms with Gasteiger partial charge < -0.3 is 9.63 Å². The highest BCUT2D eigenvalue weighted by Gasteiger charge is 2.12. The number of esters is 1. The van der Waals surface area contributed by atoms with Crippen molar-refractivity contribution in [3.8, 4) is 0 Å². The maximum Gasteiger partial charge on any atom is 0.322 e. The van der Waals surface area contributed by atoms with Gasteiger partial charge in [-0.15, -0.1) is 0 Å². The molecule has 0 aromatic rings. The van der Waals surface area contributed by atoms with Gasteiger partial charge in [-0.3, -0.25) is 9.36 Å². The van der Waals surface area contributed by atoms with Crippen LogP contribution in [-0.2, 0) is 14.1 Å². The van der Waals surface area contributed by atoms with Gasteiger partial charge in [0.15, 0.2) is 0 Å². The Hall–Kier alpha value is -0.380. The molecule has 0 amide bonds. The van der Waals surface area contributed by atoms with Crippen LogP contribution in [0.5, 0.6) is 0 Å². The normalized spacial score (nSPS) is 15.9. The van der Waals surface area contributed by atoms with Gasteiger partial charge in [-0.05, 0) is 6.92 Å². The van der Waals surface area contributed by atoms with Crippen LogP contribution in [0, 0.1) is 0 Å². The minimum Gasteiger partial charge on any atom is -0.468 e. The molecule has 2 atom stereocenters. The minimum absolute atomic E-state index is 0.549. The zero-order valence-corrected chi connectivity index (χ0v) is 6.75. The van der Waals surface area contributed by atoms with E-state index in [1.807, 2.05) is 0 Å². The number of hydrogen-bond acceptors (Lipinski definition) is 3. The van der Waals surface area contributed by atoms with E-state index in [4.69, 9.17) is 4.89 Å². The summed E-state index contributed by atoms with van der Waals surface area (Å²) in [5.74, 6) is -0.549. The quantitative estimate of drug-likeness (QED) is 0.438. The summed E-state index contributed by atoms with van der Waals surface area (Å²) in [5, 5.41) is 2.12. The minimum atomic E-state index is -2.79. The summed E-state index contributed by atoms with van der Waals surface area (Å²) in [7, 11) is -1.57. The number of nitrogens with one attached hydrogen (secondary N) is 1. The highest BCUT2D eigenvalue weighted by molar-refractivity contribution is 7.35. The van der Waals surface area contributed by atoms with Crippen molar-refractivity contribution in [3.05, 3.63) is 0 Å². The van der Waals surface area contributed by atoms with Crippen LogP contribution < -0.4 is 5.09 Å². The number of ether oxygens (including phenoxy) is 1. The molecule has 0 bridgehead atoms. The smallest absolute Gasteiger partial charge is 0.322 e. The average Bonchev–Trinajstić information content (AvgIpc) is 1.85. The molecule has 5 nitrogen and oxygen atoms in total. The second kappa shape index (κ2) is 4.44. The summed E-state index contributed by atoms with van der Waals surface area (Å²) in [6.45, 7) is 1.45. The van der Waals surface area contributed by atoms with E-state index in [0.717, 1.165) is 0 Å². The molecule has 6 heteroatoms. The summed E-state index contributed by atoms with van der Waals surface area (Å²) in [5.41, 5.74) is 0. The van der Waals surface area contributed by atoms with Crippen molar-refractivity contribution in [2.24, 2.45) is 0 Å². The lowest BCUT2D eigenvalue weighted by atomic mass is 10.4. The molecule has 0 aliphatic carbocycles. The molecule has 0 heterocycles. The summed E-state index contributed by atoms with van der Waals surface area (Å²) in [6.07, 6.45) is 0. The second-order valence-electron chi connectivity index (χ2n) is 1.69. The molecule has 0 saturated carbocycles. The third-order valence-electron chi connectivity index (χ3n) is 0.895. The van der Waals surface area contributed by atoms with Crippen LogP contribution in [0.4, 0.5) is 0 Å². The molecule has 0 saturated heterocycles. The molecule has 0 aromatic carbocycles. The Morgan fingerprint density at radius 3 is 2.60 bits per heavy atom. The molecule has 0 rings (SSSR count). The topological polar surface area (TPSA) is 75.6 Å². The van der Waals surface area contributed by atoms with Gasteiger partial charge in [-0.2, -0.15) is 0 Å². The van der Waals surface area contributed by atoms with Gasteiger partial charge in [0, 0.05) is 0 Å². The molecule has 0 aliphatic rings. The predicted molar refractivity (Wildman–Crippen MR) is 35.8 cm³/mol. The van der Waals surface area contributed by atoms with E-state index in [-0.39, 0.29) is 0 Å². The van der Waals surface area contributed by atoms with Gasteiger partial charge in [0.05, 0.1) is 7.11 Å². The fourth-order valence-electron chi connectivity index (χ4n) is 0.421. The van der Waals surface area contributed by atoms with E-state index < -0.39 is 20.2 Å². The first kappa shape index (κ1) is 9.62. The molecule has 2 N–H and O–H groups in total. The van der Waals surface area contributed by atoms with Crippen LogP contribution in [0.25, 0.3) is 0 Å². The van der Waals surface area contributed by atoms with E-state index in [2.05, 4.69) is 9.82 Å². The van der Waals surface area contributed by atoms with Gasteiger partial charge in [0.25, 0.3) is 8.18 Å². The molecule has 2 unspecified atom stereocenters. The Balaban J connectivity index is 3.72. The Bertz CT molecular complexity index is 148. The third kappa shape index (κ3) is 3.61. The fraction of sp³-hybridized carbons (Fsp3) is 0.750. The number of carbonyl (C=O) groups is 1. The fourth-order valence-corrected chi connectivity index (χ4v) is 0.909. The van der Waals surface area contributed by atoms with Crippen molar-refractivity contribution in [1.29, 1.82) is 0 Å². The van der Waals surface area contributed by atoms with Crippen molar-refractivity contribution in [3.63, 3.8) is 0 Å². The van der Waals surface area contributed by atoms with E-state index in [0.29, 0.717) is 0 Å². The first-order chi connectivity index (χ1) is 4.57. The van der Waals surface area contributed by atoms with Gasteiger partial charge in [0.2, 0.25) is 0 Å². The molecular formula is C4H10NO4P. The van der Waals surface area contributed by atoms with Crippen molar-refractivity contribution >= 4 is 14.1 Å². The predicted octanol–water partition coefficient (Wildman–Crippen LogP) is -0.481. The van der Waals surface area contributed by atoms with Crippen molar-refractivity contribution in [2.75, 3.05) is 7.11 Å². The number of methoxy groups -OCH3 is 1. The number of hydrogen-bond donors (Lipinski definition) is 2. The number of carbonyl (C=O) groups excluding carboxylic acids is 1. The lowest BCUT2D eigenvalue weighted by Crippen LogP contribution is -2.29. The molecular weight excluding hydrogens is 157 g/mol. The molecule has 0 spiro atoms. The second-order valence-corrected chi connectivity index (χ2v) is 2.59. The molecule has 0 radical (unpaired) electrons. The Morgan fingerprint density at radius 1 is 1.80 bits per heavy atom. The highest BCUT2D eigenvalue weighted by atomic mass is 31.1. The summed E-state index contributed by atoms with van der Waals surface area (Å²) in [6, 6.07) is -0.721. The Labute approximate surface area is 59.3 Å². The lowest BCUT2D eigenvalue weighted by molar-refractivity contribution is -0.142. The zero-order chi connectivity index (χ0) is 8.15. The van der Waals surface area contributed by atoms with Gasteiger partial charge in [0.1, 0.15) is 6.04 Å². The Morgan fingerprint density at radius 2 is 2.30 bits per heavy atom. The SMILES string of the molecule is COC(=O)C(C)N[PH](=O)O. The number of rotatable bonds is 3. The maximum atomic E-state index is 10.5. The van der Waals surface area contributed by atoms with Crippen LogP contribution in [0.15, 0.2) is 0 Å². The monoisotopic (exact) mass is 167 g/mol. The molecule has 0 aromatic heterocycles. The van der Waals surface area contributed by atoms with Crippen LogP contribution in [-0.4, -0.2) is 24.0 Å². The van der Waals surface area contributed by atoms with Crippen molar-refractivity contribution in [2.45, 2.75) is 13.0 Å². The van der Waals surface area contributed by atoms with E-state index in [1.54, 1.807) is 0 Å². The van der Waals surface area contributed by atoms with Crippen LogP contribution in [0.1, 0.15) is 6.92 Å². The van der Waals surface area contributed by atoms with Crippen LogP contribution >= 0.6 is 8.18 Å². The third-order valence-corrected chi connectivity index (χ3v) is 1.57. The van der Waals surface area contributed by atoms with Gasteiger partial charge >= 0.3 is 5.97 Å². The van der Waals surface area contributed by atoms with Gasteiger partial charge in [-0.1, -0.05) is 0 Å². The van der Waals surface area contributed by atoms with Crippen LogP contribution in [0.2, 0.25) is 0 Å². The summed E-state index contributed by atoms with van der Waals surface area (Å²) in [4.78, 5) is 18.8. The molecule has 0 fully saturated rings. The Kier molecular flexibility index (Phi) is 4.27. The largest absolute Gasteiger partial charge is 0.468 e. The van der Waals surface area contributed by atoms with E-state index >= 15 is 0 Å². The van der Waals surface area contributed by atoms with Crippen molar-refractivity contribution in [1.82, 2.24) is 5.09 Å². The van der Waals surface area contributed by atoms with E-state index in [1.165, 1.54) is 14.0 Å². The zero-order valence-electron chi connectivity index (χ0n) is 5.75.